The summed E-state index contributed by atoms with van der Waals surface area (Å²) in [5, 5.41) is 3.80. The zero-order valence-corrected chi connectivity index (χ0v) is 17.4. The Balaban J connectivity index is 1.38. The Bertz CT molecular complexity index is 1460. The van der Waals surface area contributed by atoms with Gasteiger partial charge in [-0.05, 0) is 30.3 Å². The van der Waals surface area contributed by atoms with E-state index in [1.165, 1.54) is 4.90 Å². The molecule has 0 saturated heterocycles. The van der Waals surface area contributed by atoms with Gasteiger partial charge in [-0.1, -0.05) is 48.5 Å². The van der Waals surface area contributed by atoms with Crippen LogP contribution in [0.15, 0.2) is 85.1 Å². The van der Waals surface area contributed by atoms with Gasteiger partial charge in [-0.15, -0.1) is 0 Å². The maximum atomic E-state index is 13.5. The molecule has 0 unspecified atom stereocenters. The van der Waals surface area contributed by atoms with Crippen LogP contribution in [0.4, 0.5) is 11.4 Å². The number of carbonyl (C=O) groups excluding carboxylic acids is 3. The molecule has 0 fully saturated rings. The first-order valence-electron chi connectivity index (χ1n) is 10.6. The zero-order valence-electron chi connectivity index (χ0n) is 17.4. The largest absolute Gasteiger partial charge is 0.323 e. The first-order chi connectivity index (χ1) is 16.1. The number of nitrogens with zero attached hydrogens (tertiary/aromatic N) is 3. The van der Waals surface area contributed by atoms with Gasteiger partial charge in [0.2, 0.25) is 5.91 Å². The molecule has 7 heteroatoms. The summed E-state index contributed by atoms with van der Waals surface area (Å²) >= 11 is 0. The first-order valence-corrected chi connectivity index (χ1v) is 10.6. The van der Waals surface area contributed by atoms with E-state index in [9.17, 15) is 14.4 Å². The second-order valence-electron chi connectivity index (χ2n) is 8.02. The van der Waals surface area contributed by atoms with Crippen molar-refractivity contribution in [1.82, 2.24) is 9.88 Å². The molecule has 1 N–H and O–H groups in total. The second-order valence-corrected chi connectivity index (χ2v) is 8.02. The molecular weight excluding hydrogens is 416 g/mol. The minimum absolute atomic E-state index is 0.181. The van der Waals surface area contributed by atoms with Crippen molar-refractivity contribution in [2.75, 3.05) is 16.8 Å². The summed E-state index contributed by atoms with van der Waals surface area (Å²) in [5.41, 5.74) is 3.45. The van der Waals surface area contributed by atoms with E-state index in [2.05, 4.69) is 10.3 Å². The quantitative estimate of drug-likeness (QED) is 0.529. The predicted molar refractivity (Wildman–Crippen MR) is 124 cm³/mol. The van der Waals surface area contributed by atoms with Crippen molar-refractivity contribution >= 4 is 40.0 Å². The molecule has 0 saturated carbocycles. The number of aromatic nitrogens is 1. The molecule has 7 nitrogen and oxygen atoms in total. The lowest BCUT2D eigenvalue weighted by Crippen LogP contribution is -2.50. The number of pyridine rings is 1. The Morgan fingerprint density at radius 1 is 0.848 bits per heavy atom. The van der Waals surface area contributed by atoms with E-state index >= 15 is 0 Å². The number of hydrogen-bond donors (Lipinski definition) is 1. The molecule has 0 aliphatic carbocycles. The van der Waals surface area contributed by atoms with Crippen LogP contribution in [0.3, 0.4) is 0 Å². The average Bonchev–Trinajstić information content (AvgIpc) is 3.15. The Labute approximate surface area is 189 Å². The Hall–Kier alpha value is -4.52. The Morgan fingerprint density at radius 2 is 1.61 bits per heavy atom. The maximum Gasteiger partial charge on any atom is 0.260 e. The van der Waals surface area contributed by atoms with E-state index in [1.807, 2.05) is 36.4 Å². The van der Waals surface area contributed by atoms with Crippen molar-refractivity contribution in [3.63, 3.8) is 0 Å². The molecule has 3 aromatic carbocycles. The SMILES string of the molecule is O=C(CN1C(=O)c2ccccc2N2C(=O)c3ccccc3[C@@H]12)Nc1cccc2cccnc12. The highest BCUT2D eigenvalue weighted by Crippen LogP contribution is 2.45. The van der Waals surface area contributed by atoms with E-state index in [4.69, 9.17) is 0 Å². The molecule has 160 valence electrons. The van der Waals surface area contributed by atoms with Gasteiger partial charge in [0.1, 0.15) is 12.7 Å². The highest BCUT2D eigenvalue weighted by Gasteiger charge is 2.48. The monoisotopic (exact) mass is 434 g/mol. The third-order valence-corrected chi connectivity index (χ3v) is 6.10. The molecule has 3 heterocycles. The fraction of sp³-hybridized carbons (Fsp3) is 0.0769. The lowest BCUT2D eigenvalue weighted by Gasteiger charge is -2.40. The molecule has 0 bridgehead atoms. The van der Waals surface area contributed by atoms with Crippen molar-refractivity contribution in [3.05, 3.63) is 102 Å². The highest BCUT2D eigenvalue weighted by molar-refractivity contribution is 6.17. The lowest BCUT2D eigenvalue weighted by atomic mass is 10.0. The third kappa shape index (κ3) is 2.90. The summed E-state index contributed by atoms with van der Waals surface area (Å²) in [4.78, 5) is 47.3. The van der Waals surface area contributed by atoms with Crippen LogP contribution in [0.1, 0.15) is 32.4 Å². The minimum atomic E-state index is -0.674. The normalized spacial score (nSPS) is 16.4. The van der Waals surface area contributed by atoms with Gasteiger partial charge in [0.15, 0.2) is 0 Å². The van der Waals surface area contributed by atoms with Crippen molar-refractivity contribution in [3.8, 4) is 0 Å². The molecule has 3 amide bonds. The number of hydrogen-bond acceptors (Lipinski definition) is 4. The zero-order chi connectivity index (χ0) is 22.5. The van der Waals surface area contributed by atoms with E-state index in [0.29, 0.717) is 33.6 Å². The van der Waals surface area contributed by atoms with Gasteiger partial charge in [0, 0.05) is 22.7 Å². The van der Waals surface area contributed by atoms with Crippen molar-refractivity contribution in [2.45, 2.75) is 6.17 Å². The Kier molecular flexibility index (Phi) is 4.23. The van der Waals surface area contributed by atoms with Crippen LogP contribution in [-0.4, -0.2) is 34.2 Å². The molecule has 33 heavy (non-hydrogen) atoms. The number of para-hydroxylation sites is 2. The lowest BCUT2D eigenvalue weighted by molar-refractivity contribution is -0.117. The van der Waals surface area contributed by atoms with Gasteiger partial charge in [-0.3, -0.25) is 24.3 Å². The topological polar surface area (TPSA) is 82.6 Å². The van der Waals surface area contributed by atoms with Gasteiger partial charge in [-0.25, -0.2) is 0 Å². The van der Waals surface area contributed by atoms with Gasteiger partial charge < -0.3 is 10.2 Å². The van der Waals surface area contributed by atoms with Crippen molar-refractivity contribution in [1.29, 1.82) is 0 Å². The molecule has 1 atom stereocenters. The molecular formula is C26H18N4O3. The van der Waals surface area contributed by atoms with Gasteiger partial charge in [-0.2, -0.15) is 0 Å². The molecule has 0 radical (unpaired) electrons. The molecule has 1 aromatic heterocycles. The highest BCUT2D eigenvalue weighted by atomic mass is 16.2. The number of nitrogens with one attached hydrogen (secondary N) is 1. The second kappa shape index (κ2) is 7.27. The van der Waals surface area contributed by atoms with E-state index in [0.717, 1.165) is 5.39 Å². The summed E-state index contributed by atoms with van der Waals surface area (Å²) in [5.74, 6) is -0.834. The number of carbonyl (C=O) groups is 3. The number of benzene rings is 3. The van der Waals surface area contributed by atoms with Crippen molar-refractivity contribution in [2.24, 2.45) is 0 Å². The van der Waals surface area contributed by atoms with Crippen LogP contribution >= 0.6 is 0 Å². The number of amides is 3. The van der Waals surface area contributed by atoms with Crippen LogP contribution in [-0.2, 0) is 4.79 Å². The summed E-state index contributed by atoms with van der Waals surface area (Å²) < 4.78 is 0. The van der Waals surface area contributed by atoms with Crippen LogP contribution in [0.2, 0.25) is 0 Å². The van der Waals surface area contributed by atoms with Crippen LogP contribution < -0.4 is 10.2 Å². The molecule has 2 aliphatic heterocycles. The summed E-state index contributed by atoms with van der Waals surface area (Å²) in [6.07, 6.45) is 0.995. The smallest absolute Gasteiger partial charge is 0.260 e. The summed E-state index contributed by atoms with van der Waals surface area (Å²) in [6, 6.07) is 23.5. The predicted octanol–water partition coefficient (Wildman–Crippen LogP) is 3.99. The van der Waals surface area contributed by atoms with Crippen LogP contribution in [0.5, 0.6) is 0 Å². The number of anilines is 2. The van der Waals surface area contributed by atoms with Crippen LogP contribution in [0, 0.1) is 0 Å². The molecule has 6 rings (SSSR count). The van der Waals surface area contributed by atoms with E-state index < -0.39 is 6.17 Å². The number of rotatable bonds is 3. The Morgan fingerprint density at radius 3 is 2.48 bits per heavy atom. The summed E-state index contributed by atoms with van der Waals surface area (Å²) in [6.45, 7) is -0.209. The van der Waals surface area contributed by atoms with Crippen LogP contribution in [0.25, 0.3) is 10.9 Å². The van der Waals surface area contributed by atoms with E-state index in [1.54, 1.807) is 53.6 Å². The van der Waals surface area contributed by atoms with Gasteiger partial charge >= 0.3 is 0 Å². The van der Waals surface area contributed by atoms with Gasteiger partial charge in [0.25, 0.3) is 11.8 Å². The molecule has 0 spiro atoms. The maximum absolute atomic E-state index is 13.5. The number of fused-ring (bicyclic) bond motifs is 6. The standard InChI is InChI=1S/C26H18N4O3/c31-22(28-20-12-5-7-16-8-6-14-27-23(16)20)15-29-24-17-9-1-2-10-18(17)26(33)30(24)21-13-4-3-11-19(21)25(29)32/h1-14,24H,15H2,(H,28,31)/t24-/m0/s1. The fourth-order valence-electron chi connectivity index (χ4n) is 4.68. The minimum Gasteiger partial charge on any atom is -0.323 e. The fourth-order valence-corrected chi connectivity index (χ4v) is 4.68. The third-order valence-electron chi connectivity index (χ3n) is 6.10. The molecule has 2 aliphatic rings. The van der Waals surface area contributed by atoms with E-state index in [-0.39, 0.29) is 24.3 Å². The first kappa shape index (κ1) is 19.2. The average molecular weight is 434 g/mol. The van der Waals surface area contributed by atoms with Crippen molar-refractivity contribution < 1.29 is 14.4 Å². The molecule has 4 aromatic rings. The summed E-state index contributed by atoms with van der Waals surface area (Å²) in [7, 11) is 0. The van der Waals surface area contributed by atoms with Gasteiger partial charge in [0.05, 0.1) is 22.5 Å².